The molecule has 1 aliphatic rings. The molecule has 0 radical (unpaired) electrons. The summed E-state index contributed by atoms with van der Waals surface area (Å²) in [6.07, 6.45) is 3.99. The third-order valence-corrected chi connectivity index (χ3v) is 3.30. The van der Waals surface area contributed by atoms with Crippen molar-refractivity contribution >= 4 is 0 Å². The molecule has 16 heavy (non-hydrogen) atoms. The lowest BCUT2D eigenvalue weighted by Gasteiger charge is -2.37. The predicted molar refractivity (Wildman–Crippen MR) is 61.5 cm³/mol. The first kappa shape index (κ1) is 13.8. The van der Waals surface area contributed by atoms with Gasteiger partial charge in [-0.2, -0.15) is 0 Å². The minimum atomic E-state index is -0.518. The van der Waals surface area contributed by atoms with Crippen molar-refractivity contribution in [3.63, 3.8) is 0 Å². The average Bonchev–Trinajstić information content (AvgIpc) is 2.28. The van der Waals surface area contributed by atoms with Gasteiger partial charge in [0.1, 0.15) is 0 Å². The summed E-state index contributed by atoms with van der Waals surface area (Å²) >= 11 is 0. The van der Waals surface area contributed by atoms with Crippen molar-refractivity contribution in [2.45, 2.75) is 56.8 Å². The molecule has 1 unspecified atom stereocenters. The van der Waals surface area contributed by atoms with Crippen LogP contribution in [-0.2, 0) is 0 Å². The lowest BCUT2D eigenvalue weighted by atomic mass is 9.86. The van der Waals surface area contributed by atoms with E-state index in [4.69, 9.17) is 10.9 Å². The zero-order valence-electron chi connectivity index (χ0n) is 9.87. The first-order chi connectivity index (χ1) is 7.59. The minimum absolute atomic E-state index is 0.262. The quantitative estimate of drug-likeness (QED) is 0.271. The molecule has 0 amide bonds. The maximum Gasteiger partial charge on any atom is 0.0815 e. The van der Waals surface area contributed by atoms with Crippen molar-refractivity contribution in [2.24, 2.45) is 5.73 Å². The standard InChI is InChI=1S/C10H24N4O2/c1-2-9(15)7-12-8-3-5-10(11,6-4-8)13-14-16/h8-9,12-16H,2-7,11H2,1H3. The Morgan fingerprint density at radius 3 is 2.56 bits per heavy atom. The number of nitrogens with two attached hydrogens (primary N) is 1. The van der Waals surface area contributed by atoms with Crippen LogP contribution in [0, 0.1) is 0 Å². The molecule has 6 heteroatoms. The normalized spacial score (nSPS) is 32.6. The van der Waals surface area contributed by atoms with E-state index in [2.05, 4.69) is 10.7 Å². The second-order valence-corrected chi connectivity index (χ2v) is 4.64. The summed E-state index contributed by atoms with van der Waals surface area (Å²) < 4.78 is 0. The van der Waals surface area contributed by atoms with Crippen LogP contribution in [0.3, 0.4) is 0 Å². The highest BCUT2D eigenvalue weighted by atomic mass is 16.5. The maximum absolute atomic E-state index is 9.43. The fourth-order valence-electron chi connectivity index (χ4n) is 2.02. The molecule has 1 rings (SSSR count). The fourth-order valence-corrected chi connectivity index (χ4v) is 2.02. The van der Waals surface area contributed by atoms with Gasteiger partial charge in [0.15, 0.2) is 0 Å². The molecule has 0 bridgehead atoms. The maximum atomic E-state index is 9.43. The van der Waals surface area contributed by atoms with Crippen molar-refractivity contribution in [3.8, 4) is 0 Å². The number of hydrazine groups is 1. The Balaban J connectivity index is 2.21. The Morgan fingerprint density at radius 1 is 1.44 bits per heavy atom. The molecule has 7 N–H and O–H groups in total. The van der Waals surface area contributed by atoms with E-state index >= 15 is 0 Å². The second kappa shape index (κ2) is 6.48. The van der Waals surface area contributed by atoms with Crippen LogP contribution in [0.5, 0.6) is 0 Å². The molecule has 0 aromatic rings. The van der Waals surface area contributed by atoms with Gasteiger partial charge in [0, 0.05) is 12.6 Å². The number of aliphatic hydroxyl groups excluding tert-OH is 1. The summed E-state index contributed by atoms with van der Waals surface area (Å²) in [6.45, 7) is 2.61. The van der Waals surface area contributed by atoms with Crippen LogP contribution >= 0.6 is 0 Å². The lowest BCUT2D eigenvalue weighted by molar-refractivity contribution is 0.0522. The van der Waals surface area contributed by atoms with Gasteiger partial charge in [0.2, 0.25) is 0 Å². The summed E-state index contributed by atoms with van der Waals surface area (Å²) in [7, 11) is 0. The third-order valence-electron chi connectivity index (χ3n) is 3.30. The van der Waals surface area contributed by atoms with Gasteiger partial charge in [0.25, 0.3) is 0 Å². The number of hydrogen-bond acceptors (Lipinski definition) is 6. The molecule has 0 aliphatic heterocycles. The smallest absolute Gasteiger partial charge is 0.0815 e. The minimum Gasteiger partial charge on any atom is -0.392 e. The average molecular weight is 232 g/mol. The molecule has 1 aliphatic carbocycles. The van der Waals surface area contributed by atoms with E-state index in [1.165, 1.54) is 0 Å². The highest BCUT2D eigenvalue weighted by Crippen LogP contribution is 2.23. The molecule has 0 saturated heterocycles. The SMILES string of the molecule is CCC(O)CNC1CCC(N)(NNO)CC1. The molecule has 0 aromatic carbocycles. The molecule has 96 valence electrons. The number of rotatable bonds is 6. The summed E-state index contributed by atoms with van der Waals surface area (Å²) in [5.74, 6) is 0. The van der Waals surface area contributed by atoms with Crippen LogP contribution in [0.15, 0.2) is 0 Å². The lowest BCUT2D eigenvalue weighted by Crippen LogP contribution is -2.61. The Morgan fingerprint density at radius 2 is 2.06 bits per heavy atom. The molecule has 6 nitrogen and oxygen atoms in total. The molecule has 0 aromatic heterocycles. The van der Waals surface area contributed by atoms with Crippen molar-refractivity contribution in [1.29, 1.82) is 0 Å². The van der Waals surface area contributed by atoms with Gasteiger partial charge in [0.05, 0.1) is 11.8 Å². The molecule has 1 saturated carbocycles. The summed E-state index contributed by atoms with van der Waals surface area (Å²) in [6, 6.07) is 0.415. The van der Waals surface area contributed by atoms with Crippen LogP contribution in [0.25, 0.3) is 0 Å². The van der Waals surface area contributed by atoms with Gasteiger partial charge in [-0.05, 0) is 32.1 Å². The number of hydrogen-bond donors (Lipinski definition) is 6. The van der Waals surface area contributed by atoms with E-state index in [0.29, 0.717) is 12.6 Å². The van der Waals surface area contributed by atoms with E-state index in [1.54, 1.807) is 0 Å². The molecular weight excluding hydrogens is 208 g/mol. The largest absolute Gasteiger partial charge is 0.392 e. The van der Waals surface area contributed by atoms with Crippen LogP contribution < -0.4 is 22.1 Å². The fraction of sp³-hybridized carbons (Fsp3) is 1.00. The molecule has 0 heterocycles. The number of aliphatic hydroxyl groups is 1. The van der Waals surface area contributed by atoms with Crippen molar-refractivity contribution in [3.05, 3.63) is 0 Å². The van der Waals surface area contributed by atoms with E-state index < -0.39 is 5.66 Å². The van der Waals surface area contributed by atoms with Gasteiger partial charge in [-0.25, -0.2) is 5.43 Å². The van der Waals surface area contributed by atoms with Crippen molar-refractivity contribution < 1.29 is 10.3 Å². The summed E-state index contributed by atoms with van der Waals surface area (Å²) in [4.78, 5) is 0. The Labute approximate surface area is 96.5 Å². The van der Waals surface area contributed by atoms with Gasteiger partial charge >= 0.3 is 0 Å². The predicted octanol–water partition coefficient (Wildman–Crippen LogP) is -0.572. The zero-order valence-corrected chi connectivity index (χ0v) is 9.87. The van der Waals surface area contributed by atoms with Crippen molar-refractivity contribution in [2.75, 3.05) is 6.54 Å². The van der Waals surface area contributed by atoms with E-state index in [0.717, 1.165) is 32.1 Å². The topological polar surface area (TPSA) is 103 Å². The van der Waals surface area contributed by atoms with Gasteiger partial charge in [-0.1, -0.05) is 6.92 Å². The Kier molecular flexibility index (Phi) is 5.60. The van der Waals surface area contributed by atoms with E-state index in [1.807, 2.05) is 12.5 Å². The Hall–Kier alpha value is -0.240. The monoisotopic (exact) mass is 232 g/mol. The van der Waals surface area contributed by atoms with E-state index in [-0.39, 0.29) is 6.10 Å². The second-order valence-electron chi connectivity index (χ2n) is 4.64. The molecule has 1 fully saturated rings. The zero-order chi connectivity index (χ0) is 12.0. The third kappa shape index (κ3) is 4.32. The van der Waals surface area contributed by atoms with Gasteiger partial charge in [-0.3, -0.25) is 0 Å². The summed E-state index contributed by atoms with van der Waals surface area (Å²) in [5, 5.41) is 21.3. The van der Waals surface area contributed by atoms with Crippen LogP contribution in [-0.4, -0.2) is 34.7 Å². The number of nitrogens with one attached hydrogen (secondary N) is 3. The molecule has 1 atom stereocenters. The summed E-state index contributed by atoms with van der Waals surface area (Å²) in [5.41, 5.74) is 10.1. The molecule has 0 spiro atoms. The highest BCUT2D eigenvalue weighted by Gasteiger charge is 2.31. The van der Waals surface area contributed by atoms with Crippen LogP contribution in [0.4, 0.5) is 0 Å². The van der Waals surface area contributed by atoms with Crippen molar-refractivity contribution in [1.82, 2.24) is 16.3 Å². The first-order valence-corrected chi connectivity index (χ1v) is 5.96. The first-order valence-electron chi connectivity index (χ1n) is 5.96. The molecular formula is C10H24N4O2. The van der Waals surface area contributed by atoms with Gasteiger partial charge in [-0.15, -0.1) is 5.59 Å². The van der Waals surface area contributed by atoms with Crippen LogP contribution in [0.2, 0.25) is 0 Å². The van der Waals surface area contributed by atoms with Gasteiger partial charge < -0.3 is 21.4 Å². The Bertz CT molecular complexity index is 195. The van der Waals surface area contributed by atoms with Crippen LogP contribution in [0.1, 0.15) is 39.0 Å². The highest BCUT2D eigenvalue weighted by molar-refractivity contribution is 4.88. The van der Waals surface area contributed by atoms with E-state index in [9.17, 15) is 5.11 Å².